The van der Waals surface area contributed by atoms with E-state index in [1.807, 2.05) is 32.0 Å². The van der Waals surface area contributed by atoms with Gasteiger partial charge in [-0.1, -0.05) is 18.2 Å². The first-order valence-corrected chi connectivity index (χ1v) is 7.74. The highest BCUT2D eigenvalue weighted by Gasteiger charge is 2.40. The summed E-state index contributed by atoms with van der Waals surface area (Å²) in [5.74, 6) is -1.26. The molecule has 1 atom stereocenters. The number of nitrogens with one attached hydrogen (secondary N) is 1. The maximum Gasteiger partial charge on any atom is 0.262 e. The summed E-state index contributed by atoms with van der Waals surface area (Å²) in [5.41, 5.74) is 3.39. The Morgan fingerprint density at radius 2 is 1.46 bits per heavy atom. The average Bonchev–Trinajstić information content (AvgIpc) is 2.77. The fraction of sp³-hybridized carbons (Fsp3) is 0.211. The number of anilines is 1. The van der Waals surface area contributed by atoms with Gasteiger partial charge in [0, 0.05) is 5.69 Å². The molecule has 3 rings (SSSR count). The predicted molar refractivity (Wildman–Crippen MR) is 90.9 cm³/mol. The van der Waals surface area contributed by atoms with Crippen LogP contribution < -0.4 is 5.32 Å². The second kappa shape index (κ2) is 5.92. The summed E-state index contributed by atoms with van der Waals surface area (Å²) in [7, 11) is 0. The molecule has 0 spiro atoms. The van der Waals surface area contributed by atoms with Crippen LogP contribution in [0.25, 0.3) is 0 Å². The van der Waals surface area contributed by atoms with Gasteiger partial charge in [-0.3, -0.25) is 19.3 Å². The molecule has 0 saturated heterocycles. The number of hydrogen-bond acceptors (Lipinski definition) is 3. The smallest absolute Gasteiger partial charge is 0.262 e. The lowest BCUT2D eigenvalue weighted by Crippen LogP contribution is -2.45. The SMILES string of the molecule is Cc1cc(C)cc(NC(=O)[C@@H](C)N2C(=O)c3ccccc3C2=O)c1. The summed E-state index contributed by atoms with van der Waals surface area (Å²) >= 11 is 0. The van der Waals surface area contributed by atoms with Crippen LogP contribution in [0.5, 0.6) is 0 Å². The average molecular weight is 322 g/mol. The zero-order valence-corrected chi connectivity index (χ0v) is 13.8. The Bertz CT molecular complexity index is 802. The van der Waals surface area contributed by atoms with E-state index in [-0.39, 0.29) is 0 Å². The first-order valence-electron chi connectivity index (χ1n) is 7.74. The van der Waals surface area contributed by atoms with Crippen molar-refractivity contribution in [2.75, 3.05) is 5.32 Å². The summed E-state index contributed by atoms with van der Waals surface area (Å²) in [6.07, 6.45) is 0. The molecule has 5 heteroatoms. The number of carbonyl (C=O) groups excluding carboxylic acids is 3. The number of amides is 3. The highest BCUT2D eigenvalue weighted by atomic mass is 16.2. The fourth-order valence-corrected chi connectivity index (χ4v) is 2.97. The van der Waals surface area contributed by atoms with Crippen LogP contribution in [-0.4, -0.2) is 28.7 Å². The second-order valence-corrected chi connectivity index (χ2v) is 6.07. The summed E-state index contributed by atoms with van der Waals surface area (Å²) in [4.78, 5) is 38.4. The van der Waals surface area contributed by atoms with Crippen molar-refractivity contribution in [2.45, 2.75) is 26.8 Å². The van der Waals surface area contributed by atoms with Gasteiger partial charge in [0.05, 0.1) is 11.1 Å². The van der Waals surface area contributed by atoms with E-state index in [1.165, 1.54) is 0 Å². The second-order valence-electron chi connectivity index (χ2n) is 6.07. The molecule has 0 aliphatic carbocycles. The highest BCUT2D eigenvalue weighted by molar-refractivity contribution is 6.23. The van der Waals surface area contributed by atoms with Crippen molar-refractivity contribution in [1.82, 2.24) is 4.90 Å². The van der Waals surface area contributed by atoms with Crippen LogP contribution >= 0.6 is 0 Å². The molecule has 0 bridgehead atoms. The van der Waals surface area contributed by atoms with Crippen molar-refractivity contribution in [2.24, 2.45) is 0 Å². The van der Waals surface area contributed by atoms with Crippen LogP contribution in [0.4, 0.5) is 5.69 Å². The molecule has 0 radical (unpaired) electrons. The topological polar surface area (TPSA) is 66.5 Å². The van der Waals surface area contributed by atoms with Crippen molar-refractivity contribution in [3.8, 4) is 0 Å². The van der Waals surface area contributed by atoms with E-state index in [9.17, 15) is 14.4 Å². The molecule has 2 aromatic carbocycles. The Labute approximate surface area is 140 Å². The third kappa shape index (κ3) is 2.69. The zero-order valence-electron chi connectivity index (χ0n) is 13.8. The van der Waals surface area contributed by atoms with Crippen LogP contribution in [-0.2, 0) is 4.79 Å². The summed E-state index contributed by atoms with van der Waals surface area (Å²) in [5, 5.41) is 2.78. The highest BCUT2D eigenvalue weighted by Crippen LogP contribution is 2.25. The van der Waals surface area contributed by atoms with Gasteiger partial charge in [0.25, 0.3) is 11.8 Å². The molecule has 0 unspecified atom stereocenters. The molecule has 24 heavy (non-hydrogen) atoms. The quantitative estimate of drug-likeness (QED) is 0.884. The van der Waals surface area contributed by atoms with Crippen molar-refractivity contribution in [3.63, 3.8) is 0 Å². The minimum atomic E-state index is -0.891. The number of fused-ring (bicyclic) bond motifs is 1. The molecule has 1 aliphatic rings. The van der Waals surface area contributed by atoms with Crippen LogP contribution in [0.15, 0.2) is 42.5 Å². The minimum absolute atomic E-state index is 0.341. The van der Waals surface area contributed by atoms with Crippen LogP contribution in [0.2, 0.25) is 0 Å². The number of aryl methyl sites for hydroxylation is 2. The third-order valence-corrected chi connectivity index (χ3v) is 4.08. The maximum absolute atomic E-state index is 12.5. The Morgan fingerprint density at radius 3 is 1.96 bits per heavy atom. The van der Waals surface area contributed by atoms with Gasteiger partial charge >= 0.3 is 0 Å². The first-order chi connectivity index (χ1) is 11.4. The van der Waals surface area contributed by atoms with Gasteiger partial charge in [-0.25, -0.2) is 0 Å². The number of hydrogen-bond donors (Lipinski definition) is 1. The molecule has 1 aliphatic heterocycles. The monoisotopic (exact) mass is 322 g/mol. The molecule has 0 saturated carbocycles. The molecular formula is C19H18N2O3. The Hall–Kier alpha value is -2.95. The maximum atomic E-state index is 12.5. The van der Waals surface area contributed by atoms with E-state index in [1.54, 1.807) is 31.2 Å². The Kier molecular flexibility index (Phi) is 3.93. The van der Waals surface area contributed by atoms with Crippen LogP contribution in [0, 0.1) is 13.8 Å². The fourth-order valence-electron chi connectivity index (χ4n) is 2.97. The van der Waals surface area contributed by atoms with Crippen molar-refractivity contribution in [3.05, 3.63) is 64.7 Å². The van der Waals surface area contributed by atoms with E-state index >= 15 is 0 Å². The Morgan fingerprint density at radius 1 is 0.958 bits per heavy atom. The summed E-state index contributed by atoms with van der Waals surface area (Å²) < 4.78 is 0. The van der Waals surface area contributed by atoms with Gasteiger partial charge < -0.3 is 5.32 Å². The molecule has 122 valence electrons. The number of carbonyl (C=O) groups is 3. The van der Waals surface area contributed by atoms with Crippen molar-refractivity contribution >= 4 is 23.4 Å². The molecule has 1 heterocycles. The number of nitrogens with zero attached hydrogens (tertiary/aromatic N) is 1. The van der Waals surface area contributed by atoms with E-state index in [0.717, 1.165) is 16.0 Å². The van der Waals surface area contributed by atoms with Crippen LogP contribution in [0.3, 0.4) is 0 Å². The van der Waals surface area contributed by atoms with E-state index < -0.39 is 23.8 Å². The first kappa shape index (κ1) is 15.9. The van der Waals surface area contributed by atoms with Crippen molar-refractivity contribution in [1.29, 1.82) is 0 Å². The normalized spacial score (nSPS) is 14.5. The van der Waals surface area contributed by atoms with Gasteiger partial charge in [0.2, 0.25) is 5.91 Å². The van der Waals surface area contributed by atoms with Gasteiger partial charge in [0.1, 0.15) is 6.04 Å². The standard InChI is InChI=1S/C19H18N2O3/c1-11-8-12(2)10-14(9-11)20-17(22)13(3)21-18(23)15-6-4-5-7-16(15)19(21)24/h4-10,13H,1-3H3,(H,20,22)/t13-/m1/s1. The summed E-state index contributed by atoms with van der Waals surface area (Å²) in [6, 6.07) is 11.4. The minimum Gasteiger partial charge on any atom is -0.324 e. The lowest BCUT2D eigenvalue weighted by Gasteiger charge is -2.22. The number of benzene rings is 2. The van der Waals surface area contributed by atoms with Crippen molar-refractivity contribution < 1.29 is 14.4 Å². The molecule has 3 amide bonds. The van der Waals surface area contributed by atoms with E-state index in [0.29, 0.717) is 16.8 Å². The molecule has 0 fully saturated rings. The largest absolute Gasteiger partial charge is 0.324 e. The van der Waals surface area contributed by atoms with E-state index in [2.05, 4.69) is 5.32 Å². The lowest BCUT2D eigenvalue weighted by atomic mass is 10.1. The van der Waals surface area contributed by atoms with Gasteiger partial charge in [0.15, 0.2) is 0 Å². The Balaban J connectivity index is 1.82. The van der Waals surface area contributed by atoms with E-state index in [4.69, 9.17) is 0 Å². The predicted octanol–water partition coefficient (Wildman–Crippen LogP) is 2.93. The molecule has 1 N–H and O–H groups in total. The third-order valence-electron chi connectivity index (χ3n) is 4.08. The van der Waals surface area contributed by atoms with Gasteiger partial charge in [-0.2, -0.15) is 0 Å². The summed E-state index contributed by atoms with van der Waals surface area (Å²) in [6.45, 7) is 5.44. The van der Waals surface area contributed by atoms with Gasteiger partial charge in [-0.05, 0) is 56.2 Å². The zero-order chi connectivity index (χ0) is 17.4. The molecule has 0 aromatic heterocycles. The molecule has 5 nitrogen and oxygen atoms in total. The van der Waals surface area contributed by atoms with Gasteiger partial charge in [-0.15, -0.1) is 0 Å². The van der Waals surface area contributed by atoms with Crippen LogP contribution in [0.1, 0.15) is 38.8 Å². The number of rotatable bonds is 3. The number of imide groups is 1. The lowest BCUT2D eigenvalue weighted by molar-refractivity contribution is -0.119. The molecule has 2 aromatic rings. The molecular weight excluding hydrogens is 304 g/mol.